The highest BCUT2D eigenvalue weighted by molar-refractivity contribution is 6.31. The molecule has 2 aromatic carbocycles. The van der Waals surface area contributed by atoms with Crippen LogP contribution in [0.5, 0.6) is 0 Å². The van der Waals surface area contributed by atoms with Gasteiger partial charge in [0.1, 0.15) is 11.9 Å². The number of carbonyl (C=O) groups excluding carboxylic acids is 3. The molecule has 0 N–H and O–H groups in total. The molecule has 5 rings (SSSR count). The molecule has 42 heavy (non-hydrogen) atoms. The Morgan fingerprint density at radius 1 is 0.976 bits per heavy atom. The molecule has 3 saturated heterocycles. The lowest BCUT2D eigenvalue weighted by atomic mass is 10.0. The Labute approximate surface area is 252 Å². The fourth-order valence-electron chi connectivity index (χ4n) is 6.43. The second-order valence-corrected chi connectivity index (χ2v) is 12.4. The Bertz CT molecular complexity index is 1320. The number of likely N-dealkylation sites (tertiary alicyclic amines) is 3. The van der Waals surface area contributed by atoms with Gasteiger partial charge in [0.25, 0.3) is 5.91 Å². The van der Waals surface area contributed by atoms with Gasteiger partial charge in [-0.05, 0) is 68.5 Å². The van der Waals surface area contributed by atoms with Crippen LogP contribution >= 0.6 is 11.6 Å². The Kier molecular flexibility index (Phi) is 9.38. The summed E-state index contributed by atoms with van der Waals surface area (Å²) in [5.74, 6) is 0.0688. The van der Waals surface area contributed by atoms with Crippen LogP contribution in [-0.4, -0.2) is 91.1 Å². The monoisotopic (exact) mass is 598 g/mol. The molecule has 10 heteroatoms. The fourth-order valence-corrected chi connectivity index (χ4v) is 6.61. The molecule has 226 valence electrons. The van der Waals surface area contributed by atoms with E-state index in [0.29, 0.717) is 68.1 Å². The largest absolute Gasteiger partial charge is 0.446 e. The van der Waals surface area contributed by atoms with E-state index in [4.69, 9.17) is 16.3 Å². The predicted molar refractivity (Wildman–Crippen MR) is 160 cm³/mol. The van der Waals surface area contributed by atoms with Crippen LogP contribution in [0.4, 0.5) is 14.9 Å². The first-order chi connectivity index (χ1) is 20.1. The highest BCUT2D eigenvalue weighted by atomic mass is 35.5. The second kappa shape index (κ2) is 13.0. The quantitative estimate of drug-likeness (QED) is 0.441. The molecule has 0 bridgehead atoms. The van der Waals surface area contributed by atoms with Crippen LogP contribution in [0.25, 0.3) is 0 Å². The van der Waals surface area contributed by atoms with Crippen molar-refractivity contribution < 1.29 is 23.5 Å². The number of hydrogen-bond acceptors (Lipinski definition) is 5. The van der Waals surface area contributed by atoms with Crippen molar-refractivity contribution in [1.82, 2.24) is 14.7 Å². The van der Waals surface area contributed by atoms with E-state index in [1.54, 1.807) is 39.8 Å². The average Bonchev–Trinajstić information content (AvgIpc) is 3.53. The van der Waals surface area contributed by atoms with Gasteiger partial charge in [0.2, 0.25) is 5.91 Å². The van der Waals surface area contributed by atoms with Crippen LogP contribution in [0.1, 0.15) is 47.7 Å². The summed E-state index contributed by atoms with van der Waals surface area (Å²) in [6, 6.07) is 10.3. The van der Waals surface area contributed by atoms with Gasteiger partial charge in [0, 0.05) is 76.3 Å². The van der Waals surface area contributed by atoms with Crippen molar-refractivity contribution in [2.45, 2.75) is 46.1 Å². The third-order valence-electron chi connectivity index (χ3n) is 8.90. The fraction of sp³-hybridized carbons (Fsp3) is 0.531. The minimum Gasteiger partial charge on any atom is -0.446 e. The zero-order valence-electron chi connectivity index (χ0n) is 24.7. The molecule has 0 saturated carbocycles. The van der Waals surface area contributed by atoms with E-state index in [-0.39, 0.29) is 23.5 Å². The highest BCUT2D eigenvalue weighted by Gasteiger charge is 2.42. The molecule has 0 aliphatic carbocycles. The van der Waals surface area contributed by atoms with E-state index in [1.165, 1.54) is 6.07 Å². The lowest BCUT2D eigenvalue weighted by Gasteiger charge is -2.32. The number of piperidine rings is 1. The summed E-state index contributed by atoms with van der Waals surface area (Å²) in [5.41, 5.74) is 2.66. The van der Waals surface area contributed by atoms with Crippen molar-refractivity contribution in [2.75, 3.05) is 57.3 Å². The normalized spacial score (nSPS) is 21.0. The molecule has 2 aromatic rings. The predicted octanol–water partition coefficient (Wildman–Crippen LogP) is 5.14. The van der Waals surface area contributed by atoms with Gasteiger partial charge < -0.3 is 19.4 Å². The van der Waals surface area contributed by atoms with Crippen molar-refractivity contribution in [3.63, 3.8) is 0 Å². The van der Waals surface area contributed by atoms with Gasteiger partial charge in [-0.1, -0.05) is 29.3 Å². The minimum atomic E-state index is -0.469. The summed E-state index contributed by atoms with van der Waals surface area (Å²) >= 11 is 6.41. The summed E-state index contributed by atoms with van der Waals surface area (Å²) in [4.78, 5) is 45.7. The first kappa shape index (κ1) is 30.3. The van der Waals surface area contributed by atoms with Crippen molar-refractivity contribution in [2.24, 2.45) is 11.8 Å². The number of rotatable bonds is 7. The first-order valence-electron chi connectivity index (χ1n) is 14.9. The molecule has 3 aliphatic heterocycles. The number of carbonyl (C=O) groups is 3. The van der Waals surface area contributed by atoms with Crippen molar-refractivity contribution in [1.29, 1.82) is 0 Å². The zero-order valence-corrected chi connectivity index (χ0v) is 25.4. The number of halogens is 2. The first-order valence-corrected chi connectivity index (χ1v) is 15.2. The van der Waals surface area contributed by atoms with E-state index < -0.39 is 11.9 Å². The summed E-state index contributed by atoms with van der Waals surface area (Å²) in [5, 5.41) is 0.595. The topological polar surface area (TPSA) is 73.4 Å². The molecular formula is C32H40ClFN4O4. The summed E-state index contributed by atoms with van der Waals surface area (Å²) in [6.45, 7) is 10.8. The lowest BCUT2D eigenvalue weighted by Crippen LogP contribution is -2.43. The summed E-state index contributed by atoms with van der Waals surface area (Å²) in [7, 11) is 0. The SMILES string of the molecule is CC(=O)N1CCC(OC(=O)N(CCCN2CC3CN(C(=O)c4cc(C)ccc4F)CC3C2)c2ccc(C)c(Cl)c2)CC1. The maximum absolute atomic E-state index is 14.3. The average molecular weight is 599 g/mol. The summed E-state index contributed by atoms with van der Waals surface area (Å²) < 4.78 is 20.2. The molecule has 0 spiro atoms. The Morgan fingerprint density at radius 2 is 1.67 bits per heavy atom. The molecular weight excluding hydrogens is 559 g/mol. The van der Waals surface area contributed by atoms with E-state index in [2.05, 4.69) is 4.90 Å². The number of anilines is 1. The van der Waals surface area contributed by atoms with Crippen LogP contribution in [-0.2, 0) is 9.53 Å². The number of hydrogen-bond donors (Lipinski definition) is 0. The van der Waals surface area contributed by atoms with Gasteiger partial charge in [-0.25, -0.2) is 9.18 Å². The van der Waals surface area contributed by atoms with Crippen LogP contribution in [0.15, 0.2) is 36.4 Å². The van der Waals surface area contributed by atoms with Crippen LogP contribution in [0.2, 0.25) is 5.02 Å². The number of benzene rings is 2. The molecule has 3 amide bonds. The molecule has 2 unspecified atom stereocenters. The van der Waals surface area contributed by atoms with Crippen molar-refractivity contribution in [3.8, 4) is 0 Å². The molecule has 8 nitrogen and oxygen atoms in total. The van der Waals surface area contributed by atoms with Gasteiger partial charge in [-0.3, -0.25) is 14.5 Å². The molecule has 0 radical (unpaired) electrons. The van der Waals surface area contributed by atoms with E-state index in [0.717, 1.165) is 37.2 Å². The lowest BCUT2D eigenvalue weighted by molar-refractivity contribution is -0.130. The van der Waals surface area contributed by atoms with E-state index in [1.807, 2.05) is 26.0 Å². The Balaban J connectivity index is 1.15. The third kappa shape index (κ3) is 6.89. The number of fused-ring (bicyclic) bond motifs is 1. The Morgan fingerprint density at radius 3 is 2.31 bits per heavy atom. The second-order valence-electron chi connectivity index (χ2n) is 12.0. The number of amides is 3. The van der Waals surface area contributed by atoms with Crippen molar-refractivity contribution >= 4 is 35.2 Å². The van der Waals surface area contributed by atoms with Gasteiger partial charge in [-0.2, -0.15) is 0 Å². The van der Waals surface area contributed by atoms with Gasteiger partial charge in [0.15, 0.2) is 0 Å². The smallest absolute Gasteiger partial charge is 0.414 e. The van der Waals surface area contributed by atoms with Crippen molar-refractivity contribution in [3.05, 3.63) is 63.9 Å². The molecule has 2 atom stereocenters. The van der Waals surface area contributed by atoms with Gasteiger partial charge >= 0.3 is 6.09 Å². The molecule has 3 aliphatic rings. The van der Waals surface area contributed by atoms with E-state index >= 15 is 0 Å². The Hall–Kier alpha value is -3.17. The number of aryl methyl sites for hydroxylation is 2. The van der Waals surface area contributed by atoms with E-state index in [9.17, 15) is 18.8 Å². The zero-order chi connectivity index (χ0) is 30.0. The van der Waals surface area contributed by atoms with Crippen LogP contribution in [0.3, 0.4) is 0 Å². The minimum absolute atomic E-state index is 0.0428. The third-order valence-corrected chi connectivity index (χ3v) is 9.31. The summed E-state index contributed by atoms with van der Waals surface area (Å²) in [6.07, 6.45) is 1.38. The number of ether oxygens (including phenoxy) is 1. The number of nitrogens with zero attached hydrogens (tertiary/aromatic N) is 4. The van der Waals surface area contributed by atoms with Crippen LogP contribution in [0, 0.1) is 31.5 Å². The van der Waals surface area contributed by atoms with Crippen LogP contribution < -0.4 is 4.90 Å². The van der Waals surface area contributed by atoms with Gasteiger partial charge in [0.05, 0.1) is 5.56 Å². The maximum atomic E-state index is 14.3. The van der Waals surface area contributed by atoms with Gasteiger partial charge in [-0.15, -0.1) is 0 Å². The molecule has 3 fully saturated rings. The molecule has 0 aromatic heterocycles. The highest BCUT2D eigenvalue weighted by Crippen LogP contribution is 2.33. The maximum Gasteiger partial charge on any atom is 0.414 e. The standard InChI is InChI=1S/C32H40ClFN4O4/c1-21-5-8-30(34)28(15-21)31(40)37-19-24-17-35(18-25(24)20-37)11-4-12-38(26-7-6-22(2)29(33)16-26)32(41)42-27-9-13-36(14-10-27)23(3)39/h5-8,15-16,24-25,27H,4,9-14,17-20H2,1-3H3. The molecule has 3 heterocycles.